The van der Waals surface area contributed by atoms with E-state index < -0.39 is 10.0 Å². The van der Waals surface area contributed by atoms with Crippen molar-refractivity contribution in [2.45, 2.75) is 18.7 Å². The largest absolute Gasteiger partial charge is 0.382 e. The van der Waals surface area contributed by atoms with Crippen LogP contribution in [-0.4, -0.2) is 85.5 Å². The van der Waals surface area contributed by atoms with Crippen LogP contribution in [0.25, 0.3) is 0 Å². The average Bonchev–Trinajstić information content (AvgIpc) is 2.76. The van der Waals surface area contributed by atoms with Crippen molar-refractivity contribution in [2.24, 2.45) is 4.99 Å². The number of hydrogen-bond donors (Lipinski definition) is 2. The summed E-state index contributed by atoms with van der Waals surface area (Å²) >= 11 is 0. The molecule has 1 heterocycles. The Morgan fingerprint density at radius 1 is 1.13 bits per heavy atom. The minimum absolute atomic E-state index is 0.0182. The summed E-state index contributed by atoms with van der Waals surface area (Å²) in [5.74, 6) is 0.646. The predicted octanol–water partition coefficient (Wildman–Crippen LogP) is 0.567. The molecule has 0 radical (unpaired) electrons. The van der Waals surface area contributed by atoms with Crippen LogP contribution < -0.4 is 10.6 Å². The highest BCUT2D eigenvalue weighted by Gasteiger charge is 2.25. The van der Waals surface area contributed by atoms with E-state index in [1.807, 2.05) is 24.3 Å². The number of benzene rings is 1. The molecule has 0 saturated carbocycles. The maximum Gasteiger partial charge on any atom is 0.218 e. The number of hydrogen-bond acceptors (Lipinski definition) is 6. The fourth-order valence-corrected chi connectivity index (χ4v) is 4.57. The molecule has 1 aliphatic rings. The monoisotopic (exact) mass is 442 g/mol. The highest BCUT2D eigenvalue weighted by molar-refractivity contribution is 7.88. The van der Waals surface area contributed by atoms with Crippen molar-refractivity contribution in [3.05, 3.63) is 35.4 Å². The van der Waals surface area contributed by atoms with Crippen LogP contribution in [0.5, 0.6) is 0 Å². The van der Waals surface area contributed by atoms with Gasteiger partial charge in [0.2, 0.25) is 10.0 Å². The van der Waals surface area contributed by atoms with Gasteiger partial charge in [-0.2, -0.15) is 4.31 Å². The number of ether oxygens (including phenoxy) is 3. The van der Waals surface area contributed by atoms with Crippen molar-refractivity contribution in [1.29, 1.82) is 0 Å². The summed E-state index contributed by atoms with van der Waals surface area (Å²) in [6, 6.07) is 7.58. The molecule has 0 amide bonds. The molecule has 0 aliphatic carbocycles. The van der Waals surface area contributed by atoms with E-state index in [1.165, 1.54) is 4.31 Å². The Morgan fingerprint density at radius 2 is 1.87 bits per heavy atom. The second kappa shape index (κ2) is 13.6. The van der Waals surface area contributed by atoms with Gasteiger partial charge in [0.05, 0.1) is 32.2 Å². The number of nitrogens with one attached hydrogen (secondary N) is 2. The number of sulfonamides is 1. The topological polar surface area (TPSA) is 101 Å². The normalized spacial score (nSPS) is 15.9. The molecule has 9 nitrogen and oxygen atoms in total. The molecule has 0 bridgehead atoms. The minimum Gasteiger partial charge on any atom is -0.382 e. The molecule has 1 aliphatic heterocycles. The van der Waals surface area contributed by atoms with Gasteiger partial charge in [-0.25, -0.2) is 8.42 Å². The fourth-order valence-electron chi connectivity index (χ4n) is 3.01. The standard InChI is InChI=1S/C20H34N4O5S/c1-21-20(22-8-5-11-28-15-14-27-2)23-16-18-6-3-4-7-19(18)17-30(25,26)24-9-12-29-13-10-24/h3-4,6-7H,5,8-17H2,1-2H3,(H2,21,22,23). The van der Waals surface area contributed by atoms with Gasteiger partial charge >= 0.3 is 0 Å². The molecule has 10 heteroatoms. The summed E-state index contributed by atoms with van der Waals surface area (Å²) in [7, 11) is -0.0163. The maximum absolute atomic E-state index is 12.8. The van der Waals surface area contributed by atoms with Gasteiger partial charge in [0.1, 0.15) is 0 Å². The maximum atomic E-state index is 12.8. The smallest absolute Gasteiger partial charge is 0.218 e. The van der Waals surface area contributed by atoms with E-state index in [0.29, 0.717) is 58.6 Å². The van der Waals surface area contributed by atoms with Crippen LogP contribution in [0, 0.1) is 0 Å². The third kappa shape index (κ3) is 8.57. The first-order valence-electron chi connectivity index (χ1n) is 10.2. The number of aliphatic imine (C=N–C) groups is 1. The van der Waals surface area contributed by atoms with Crippen LogP contribution in [0.3, 0.4) is 0 Å². The predicted molar refractivity (Wildman–Crippen MR) is 117 cm³/mol. The van der Waals surface area contributed by atoms with Crippen molar-refractivity contribution in [3.63, 3.8) is 0 Å². The highest BCUT2D eigenvalue weighted by atomic mass is 32.2. The van der Waals surface area contributed by atoms with Gasteiger partial charge in [0, 0.05) is 46.9 Å². The van der Waals surface area contributed by atoms with E-state index in [0.717, 1.165) is 24.1 Å². The molecule has 0 aromatic heterocycles. The molecule has 0 unspecified atom stereocenters. The molecular formula is C20H34N4O5S. The Bertz CT molecular complexity index is 751. The molecule has 30 heavy (non-hydrogen) atoms. The summed E-state index contributed by atoms with van der Waals surface area (Å²) in [5.41, 5.74) is 1.72. The van der Waals surface area contributed by atoms with Crippen molar-refractivity contribution in [1.82, 2.24) is 14.9 Å². The molecule has 1 aromatic carbocycles. The van der Waals surface area contributed by atoms with Gasteiger partial charge in [-0.1, -0.05) is 24.3 Å². The van der Waals surface area contributed by atoms with Gasteiger partial charge in [-0.15, -0.1) is 0 Å². The van der Waals surface area contributed by atoms with E-state index in [9.17, 15) is 8.42 Å². The molecule has 170 valence electrons. The second-order valence-electron chi connectivity index (χ2n) is 6.85. The number of guanidine groups is 1. The number of morpholine rings is 1. The molecule has 0 spiro atoms. The molecule has 1 fully saturated rings. The van der Waals surface area contributed by atoms with E-state index in [1.54, 1.807) is 14.2 Å². The van der Waals surface area contributed by atoms with Crippen molar-refractivity contribution < 1.29 is 22.6 Å². The lowest BCUT2D eigenvalue weighted by Gasteiger charge is -2.26. The van der Waals surface area contributed by atoms with Crippen LogP contribution in [0.1, 0.15) is 17.5 Å². The van der Waals surface area contributed by atoms with Crippen LogP contribution in [0.4, 0.5) is 0 Å². The highest BCUT2D eigenvalue weighted by Crippen LogP contribution is 2.16. The Hall–Kier alpha value is -1.72. The summed E-state index contributed by atoms with van der Waals surface area (Å²) in [5, 5.41) is 6.49. The summed E-state index contributed by atoms with van der Waals surface area (Å²) in [6.07, 6.45) is 0.846. The zero-order chi connectivity index (χ0) is 21.7. The van der Waals surface area contributed by atoms with Crippen LogP contribution in [0.15, 0.2) is 29.3 Å². The Labute approximate surface area is 179 Å². The van der Waals surface area contributed by atoms with Crippen LogP contribution >= 0.6 is 0 Å². The van der Waals surface area contributed by atoms with Gasteiger partial charge in [-0.3, -0.25) is 4.99 Å². The lowest BCUT2D eigenvalue weighted by Crippen LogP contribution is -2.41. The van der Waals surface area contributed by atoms with Crippen molar-refractivity contribution in [2.75, 3.05) is 66.8 Å². The number of rotatable bonds is 12. The first kappa shape index (κ1) is 24.5. The Kier molecular flexibility index (Phi) is 11.1. The molecular weight excluding hydrogens is 408 g/mol. The van der Waals surface area contributed by atoms with E-state index in [2.05, 4.69) is 15.6 Å². The summed E-state index contributed by atoms with van der Waals surface area (Å²) in [4.78, 5) is 4.22. The van der Waals surface area contributed by atoms with Gasteiger partial charge in [-0.05, 0) is 17.5 Å². The quantitative estimate of drug-likeness (QED) is 0.277. The second-order valence-corrected chi connectivity index (χ2v) is 8.82. The fraction of sp³-hybridized carbons (Fsp3) is 0.650. The van der Waals surface area contributed by atoms with Gasteiger partial charge < -0.3 is 24.8 Å². The van der Waals surface area contributed by atoms with E-state index in [-0.39, 0.29) is 5.75 Å². The average molecular weight is 443 g/mol. The summed E-state index contributed by atoms with van der Waals surface area (Å²) in [6.45, 7) is 4.76. The van der Waals surface area contributed by atoms with Crippen LogP contribution in [-0.2, 0) is 36.5 Å². The SMILES string of the molecule is CN=C(NCCCOCCOC)NCc1ccccc1CS(=O)(=O)N1CCOCC1. The first-order valence-corrected chi connectivity index (χ1v) is 11.8. The molecule has 2 rings (SSSR count). The molecule has 0 atom stereocenters. The van der Waals surface area contributed by atoms with Crippen LogP contribution in [0.2, 0.25) is 0 Å². The molecule has 1 saturated heterocycles. The molecule has 2 N–H and O–H groups in total. The third-order valence-corrected chi connectivity index (χ3v) is 6.51. The van der Waals surface area contributed by atoms with Gasteiger partial charge in [0.25, 0.3) is 0 Å². The lowest BCUT2D eigenvalue weighted by atomic mass is 10.1. The van der Waals surface area contributed by atoms with E-state index in [4.69, 9.17) is 14.2 Å². The first-order chi connectivity index (χ1) is 14.6. The zero-order valence-electron chi connectivity index (χ0n) is 17.9. The van der Waals surface area contributed by atoms with Crippen molar-refractivity contribution >= 4 is 16.0 Å². The number of methoxy groups -OCH3 is 1. The van der Waals surface area contributed by atoms with Gasteiger partial charge in [0.15, 0.2) is 5.96 Å². The minimum atomic E-state index is -3.37. The van der Waals surface area contributed by atoms with E-state index >= 15 is 0 Å². The molecule has 1 aromatic rings. The Morgan fingerprint density at radius 3 is 2.57 bits per heavy atom. The zero-order valence-corrected chi connectivity index (χ0v) is 18.7. The third-order valence-electron chi connectivity index (χ3n) is 4.68. The number of nitrogens with zero attached hydrogens (tertiary/aromatic N) is 2. The van der Waals surface area contributed by atoms with Crippen molar-refractivity contribution in [3.8, 4) is 0 Å². The Balaban J connectivity index is 1.83. The summed E-state index contributed by atoms with van der Waals surface area (Å²) < 4.78 is 42.7. The lowest BCUT2D eigenvalue weighted by molar-refractivity contribution is 0.0698.